The van der Waals surface area contributed by atoms with Gasteiger partial charge in [0.15, 0.2) is 0 Å². The molecule has 7 heteroatoms. The lowest BCUT2D eigenvalue weighted by molar-refractivity contribution is -0.133. The van der Waals surface area contributed by atoms with Crippen LogP contribution in [0.1, 0.15) is 19.8 Å². The molecule has 1 saturated heterocycles. The number of hydrogen-bond acceptors (Lipinski definition) is 5. The van der Waals surface area contributed by atoms with E-state index >= 15 is 0 Å². The molecule has 1 fully saturated rings. The number of aromatic nitrogens is 1. The quantitative estimate of drug-likeness (QED) is 0.881. The molecule has 0 aliphatic carbocycles. The predicted molar refractivity (Wildman–Crippen MR) is 89.7 cm³/mol. The van der Waals surface area contributed by atoms with Crippen molar-refractivity contribution in [1.82, 2.24) is 9.88 Å². The number of nitrogens with zero attached hydrogens (tertiary/aromatic N) is 3. The molecular formula is C15H25ClN4O2. The Bertz CT molecular complexity index is 478. The third kappa shape index (κ3) is 4.48. The average molecular weight is 329 g/mol. The number of halogens is 1. The van der Waals surface area contributed by atoms with E-state index in [0.29, 0.717) is 13.1 Å². The zero-order valence-electron chi connectivity index (χ0n) is 13.2. The maximum Gasteiger partial charge on any atom is 0.239 e. The normalized spacial score (nSPS) is 16.0. The van der Waals surface area contributed by atoms with Crippen LogP contribution < -0.4 is 15.4 Å². The van der Waals surface area contributed by atoms with Crippen molar-refractivity contribution in [1.29, 1.82) is 0 Å². The van der Waals surface area contributed by atoms with Crippen molar-refractivity contribution in [2.45, 2.75) is 25.8 Å². The topological polar surface area (TPSA) is 71.7 Å². The fourth-order valence-electron chi connectivity index (χ4n) is 2.52. The molecule has 1 atom stereocenters. The van der Waals surface area contributed by atoms with Crippen LogP contribution in [0, 0.1) is 0 Å². The van der Waals surface area contributed by atoms with E-state index in [-0.39, 0.29) is 24.4 Å². The SMILES string of the molecule is CCCC(N)C(=O)N1CCN(c2cc(OC)ccn2)CC1.Cl. The van der Waals surface area contributed by atoms with Crippen LogP contribution >= 0.6 is 12.4 Å². The van der Waals surface area contributed by atoms with E-state index < -0.39 is 0 Å². The minimum atomic E-state index is -0.364. The van der Waals surface area contributed by atoms with E-state index in [1.165, 1.54) is 0 Å². The molecular weight excluding hydrogens is 304 g/mol. The molecule has 1 aromatic heterocycles. The zero-order chi connectivity index (χ0) is 15.2. The first-order valence-corrected chi connectivity index (χ1v) is 7.45. The number of piperazine rings is 1. The highest BCUT2D eigenvalue weighted by Crippen LogP contribution is 2.19. The van der Waals surface area contributed by atoms with Crippen molar-refractivity contribution < 1.29 is 9.53 Å². The van der Waals surface area contributed by atoms with Crippen LogP contribution in [-0.2, 0) is 4.79 Å². The number of pyridine rings is 1. The minimum absolute atomic E-state index is 0. The number of hydrogen-bond donors (Lipinski definition) is 1. The van der Waals surface area contributed by atoms with Gasteiger partial charge in [0.25, 0.3) is 0 Å². The molecule has 2 N–H and O–H groups in total. The second kappa shape index (κ2) is 8.80. The first-order chi connectivity index (χ1) is 10.2. The number of ether oxygens (including phenoxy) is 1. The van der Waals surface area contributed by atoms with Crippen LogP contribution in [0.15, 0.2) is 18.3 Å². The van der Waals surface area contributed by atoms with Crippen LogP contribution in [0.5, 0.6) is 5.75 Å². The third-order valence-corrected chi connectivity index (χ3v) is 3.78. The molecule has 0 bridgehead atoms. The van der Waals surface area contributed by atoms with Gasteiger partial charge in [-0.3, -0.25) is 4.79 Å². The molecule has 0 aromatic carbocycles. The Balaban J connectivity index is 0.00000242. The highest BCUT2D eigenvalue weighted by Gasteiger charge is 2.25. The fraction of sp³-hybridized carbons (Fsp3) is 0.600. The van der Waals surface area contributed by atoms with Crippen LogP contribution in [0.3, 0.4) is 0 Å². The number of nitrogens with two attached hydrogens (primary N) is 1. The summed E-state index contributed by atoms with van der Waals surface area (Å²) in [7, 11) is 1.64. The summed E-state index contributed by atoms with van der Waals surface area (Å²) in [5.74, 6) is 1.75. The van der Waals surface area contributed by atoms with E-state index in [1.54, 1.807) is 13.3 Å². The van der Waals surface area contributed by atoms with Gasteiger partial charge in [-0.05, 0) is 12.5 Å². The molecule has 2 rings (SSSR count). The molecule has 1 aliphatic rings. The highest BCUT2D eigenvalue weighted by molar-refractivity contribution is 5.85. The van der Waals surface area contributed by atoms with E-state index in [0.717, 1.165) is 37.5 Å². The van der Waals surface area contributed by atoms with Crippen LogP contribution in [-0.4, -0.2) is 55.1 Å². The number of methoxy groups -OCH3 is 1. The van der Waals surface area contributed by atoms with Gasteiger partial charge in [0.1, 0.15) is 11.6 Å². The first kappa shape index (κ1) is 18.5. The molecule has 22 heavy (non-hydrogen) atoms. The Morgan fingerprint density at radius 1 is 1.41 bits per heavy atom. The molecule has 0 spiro atoms. The van der Waals surface area contributed by atoms with Crippen molar-refractivity contribution in [3.63, 3.8) is 0 Å². The Hall–Kier alpha value is -1.53. The summed E-state index contributed by atoms with van der Waals surface area (Å²) < 4.78 is 5.22. The van der Waals surface area contributed by atoms with E-state index in [9.17, 15) is 4.79 Å². The van der Waals surface area contributed by atoms with Gasteiger partial charge in [0.05, 0.1) is 13.2 Å². The molecule has 6 nitrogen and oxygen atoms in total. The van der Waals surface area contributed by atoms with E-state index in [2.05, 4.69) is 9.88 Å². The summed E-state index contributed by atoms with van der Waals surface area (Å²) >= 11 is 0. The maximum atomic E-state index is 12.2. The molecule has 1 aromatic rings. The summed E-state index contributed by atoms with van der Waals surface area (Å²) in [5, 5.41) is 0. The van der Waals surface area contributed by atoms with Crippen molar-refractivity contribution in [2.75, 3.05) is 38.2 Å². The Kier molecular flexibility index (Phi) is 7.41. The van der Waals surface area contributed by atoms with Gasteiger partial charge in [-0.25, -0.2) is 4.98 Å². The molecule has 1 amide bonds. The van der Waals surface area contributed by atoms with E-state index in [4.69, 9.17) is 10.5 Å². The lowest BCUT2D eigenvalue weighted by atomic mass is 10.1. The smallest absolute Gasteiger partial charge is 0.239 e. The number of anilines is 1. The van der Waals surface area contributed by atoms with Crippen LogP contribution in [0.25, 0.3) is 0 Å². The fourth-order valence-corrected chi connectivity index (χ4v) is 2.52. The Morgan fingerprint density at radius 2 is 2.09 bits per heavy atom. The summed E-state index contributed by atoms with van der Waals surface area (Å²) in [5.41, 5.74) is 5.91. The van der Waals surface area contributed by atoms with Crippen LogP contribution in [0.2, 0.25) is 0 Å². The second-order valence-corrected chi connectivity index (χ2v) is 5.26. The largest absolute Gasteiger partial charge is 0.497 e. The van der Waals surface area contributed by atoms with Crippen molar-refractivity contribution in [3.05, 3.63) is 18.3 Å². The Morgan fingerprint density at radius 3 is 2.68 bits per heavy atom. The lowest BCUT2D eigenvalue weighted by Crippen LogP contribution is -2.53. The van der Waals surface area contributed by atoms with Gasteiger partial charge in [-0.2, -0.15) is 0 Å². The molecule has 124 valence electrons. The van der Waals surface area contributed by atoms with Gasteiger partial charge in [0, 0.05) is 38.4 Å². The van der Waals surface area contributed by atoms with Crippen LogP contribution in [0.4, 0.5) is 5.82 Å². The monoisotopic (exact) mass is 328 g/mol. The van der Waals surface area contributed by atoms with Crippen molar-refractivity contribution in [2.24, 2.45) is 5.73 Å². The first-order valence-electron chi connectivity index (χ1n) is 7.45. The highest BCUT2D eigenvalue weighted by atomic mass is 35.5. The van der Waals surface area contributed by atoms with Gasteiger partial charge in [-0.1, -0.05) is 13.3 Å². The number of amides is 1. The predicted octanol–water partition coefficient (Wildman–Crippen LogP) is 1.29. The maximum absolute atomic E-state index is 12.2. The summed E-state index contributed by atoms with van der Waals surface area (Å²) in [6, 6.07) is 3.38. The van der Waals surface area contributed by atoms with Crippen molar-refractivity contribution >= 4 is 24.1 Å². The minimum Gasteiger partial charge on any atom is -0.497 e. The molecule has 1 aliphatic heterocycles. The van der Waals surface area contributed by atoms with Gasteiger partial charge < -0.3 is 20.3 Å². The summed E-state index contributed by atoms with van der Waals surface area (Å²) in [6.45, 7) is 4.96. The summed E-state index contributed by atoms with van der Waals surface area (Å²) in [4.78, 5) is 20.6. The zero-order valence-corrected chi connectivity index (χ0v) is 14.0. The number of carbonyl (C=O) groups is 1. The van der Waals surface area contributed by atoms with Gasteiger partial charge in [-0.15, -0.1) is 12.4 Å². The molecule has 2 heterocycles. The average Bonchev–Trinajstić information content (AvgIpc) is 2.54. The Labute approximate surface area is 138 Å². The van der Waals surface area contributed by atoms with Crippen molar-refractivity contribution in [3.8, 4) is 5.75 Å². The number of rotatable bonds is 5. The van der Waals surface area contributed by atoms with Gasteiger partial charge >= 0.3 is 0 Å². The van der Waals surface area contributed by atoms with E-state index in [1.807, 2.05) is 24.0 Å². The lowest BCUT2D eigenvalue weighted by Gasteiger charge is -2.36. The third-order valence-electron chi connectivity index (χ3n) is 3.78. The molecule has 1 unspecified atom stereocenters. The van der Waals surface area contributed by atoms with Gasteiger partial charge in [0.2, 0.25) is 5.91 Å². The second-order valence-electron chi connectivity index (χ2n) is 5.26. The standard InChI is InChI=1S/C15H24N4O2.ClH/c1-3-4-13(16)15(20)19-9-7-18(8-10-19)14-11-12(21-2)5-6-17-14;/h5-6,11,13H,3-4,7-10,16H2,1-2H3;1H. The number of carbonyl (C=O) groups excluding carboxylic acids is 1. The summed E-state index contributed by atoms with van der Waals surface area (Å²) in [6.07, 6.45) is 3.42. The molecule has 0 radical (unpaired) electrons. The molecule has 0 saturated carbocycles.